The van der Waals surface area contributed by atoms with E-state index in [-0.39, 0.29) is 6.04 Å². The lowest BCUT2D eigenvalue weighted by Gasteiger charge is -2.06. The van der Waals surface area contributed by atoms with Gasteiger partial charge in [-0.15, -0.1) is 0 Å². The summed E-state index contributed by atoms with van der Waals surface area (Å²) in [5, 5.41) is 5.49. The summed E-state index contributed by atoms with van der Waals surface area (Å²) in [5.74, 6) is 0. The lowest BCUT2D eigenvalue weighted by Crippen LogP contribution is -2.05. The van der Waals surface area contributed by atoms with E-state index in [1.54, 1.807) is 6.26 Å². The Balaban J connectivity index is 1.96. The molecule has 0 aliphatic heterocycles. The van der Waals surface area contributed by atoms with Crippen molar-refractivity contribution in [1.29, 1.82) is 0 Å². The number of nitrogens with one attached hydrogen (secondary N) is 1. The molecule has 0 radical (unpaired) electrons. The zero-order chi connectivity index (χ0) is 13.2. The summed E-state index contributed by atoms with van der Waals surface area (Å²) in [6, 6.07) is 14.6. The molecule has 1 aromatic heterocycles. The molecule has 2 aromatic carbocycles. The molecule has 0 saturated carbocycles. The summed E-state index contributed by atoms with van der Waals surface area (Å²) < 4.78 is 5.38. The van der Waals surface area contributed by atoms with Crippen LogP contribution in [0.4, 0.5) is 11.7 Å². The fraction of sp³-hybridized carbons (Fsp3) is 0.133. The Bertz CT molecular complexity index is 698. The quantitative estimate of drug-likeness (QED) is 0.748. The van der Waals surface area contributed by atoms with E-state index < -0.39 is 0 Å². The van der Waals surface area contributed by atoms with Crippen LogP contribution in [0.5, 0.6) is 0 Å². The first-order valence-corrected chi connectivity index (χ1v) is 6.20. The van der Waals surface area contributed by atoms with Gasteiger partial charge in [-0.05, 0) is 18.4 Å². The van der Waals surface area contributed by atoms with Gasteiger partial charge in [-0.3, -0.25) is 0 Å². The second kappa shape index (κ2) is 4.74. The van der Waals surface area contributed by atoms with Gasteiger partial charge in [0.15, 0.2) is 0 Å². The van der Waals surface area contributed by atoms with Crippen LogP contribution in [0.25, 0.3) is 10.8 Å². The molecule has 3 aromatic rings. The van der Waals surface area contributed by atoms with E-state index in [0.29, 0.717) is 6.01 Å². The minimum absolute atomic E-state index is 0.133. The van der Waals surface area contributed by atoms with Crippen molar-refractivity contribution >= 4 is 22.5 Å². The van der Waals surface area contributed by atoms with Crippen LogP contribution in [0.1, 0.15) is 18.7 Å². The Hall–Kier alpha value is -2.33. The molecule has 0 aliphatic carbocycles. The minimum Gasteiger partial charge on any atom is -0.432 e. The summed E-state index contributed by atoms with van der Waals surface area (Å²) in [4.78, 5) is 4.31. The SMILES string of the molecule is CC(N)c1coc(Nc2cccc3ccccc23)n1. The van der Waals surface area contributed by atoms with Gasteiger partial charge in [0.05, 0.1) is 11.4 Å². The average molecular weight is 253 g/mol. The number of hydrogen-bond donors (Lipinski definition) is 2. The summed E-state index contributed by atoms with van der Waals surface area (Å²) >= 11 is 0. The van der Waals surface area contributed by atoms with Crippen LogP contribution in [0.2, 0.25) is 0 Å². The van der Waals surface area contributed by atoms with Crippen LogP contribution in [-0.2, 0) is 0 Å². The number of oxazole rings is 1. The van der Waals surface area contributed by atoms with Crippen LogP contribution in [-0.4, -0.2) is 4.98 Å². The monoisotopic (exact) mass is 253 g/mol. The van der Waals surface area contributed by atoms with Gasteiger partial charge < -0.3 is 15.5 Å². The lowest BCUT2D eigenvalue weighted by molar-refractivity contribution is 0.574. The van der Waals surface area contributed by atoms with Crippen LogP contribution in [0.3, 0.4) is 0 Å². The van der Waals surface area contributed by atoms with E-state index >= 15 is 0 Å². The third-order valence-electron chi connectivity index (χ3n) is 3.02. The van der Waals surface area contributed by atoms with Crippen molar-refractivity contribution in [3.63, 3.8) is 0 Å². The Morgan fingerprint density at radius 1 is 1.16 bits per heavy atom. The normalized spacial score (nSPS) is 12.5. The Morgan fingerprint density at radius 2 is 1.95 bits per heavy atom. The first-order valence-electron chi connectivity index (χ1n) is 6.20. The number of nitrogens with zero attached hydrogens (tertiary/aromatic N) is 1. The summed E-state index contributed by atoms with van der Waals surface area (Å²) in [5.41, 5.74) is 7.47. The van der Waals surface area contributed by atoms with Gasteiger partial charge in [-0.1, -0.05) is 36.4 Å². The molecule has 1 atom stereocenters. The molecule has 96 valence electrons. The maximum Gasteiger partial charge on any atom is 0.299 e. The number of aromatic nitrogens is 1. The molecule has 3 N–H and O–H groups in total. The van der Waals surface area contributed by atoms with Crippen molar-refractivity contribution in [3.8, 4) is 0 Å². The van der Waals surface area contributed by atoms with E-state index in [9.17, 15) is 0 Å². The molecule has 0 aliphatic rings. The minimum atomic E-state index is -0.133. The Morgan fingerprint density at radius 3 is 2.74 bits per heavy atom. The maximum absolute atomic E-state index is 5.76. The summed E-state index contributed by atoms with van der Waals surface area (Å²) in [6.45, 7) is 1.87. The molecule has 3 rings (SSSR count). The highest BCUT2D eigenvalue weighted by Crippen LogP contribution is 2.26. The first kappa shape index (κ1) is 11.7. The molecule has 4 heteroatoms. The number of fused-ring (bicyclic) bond motifs is 1. The van der Waals surface area contributed by atoms with Crippen molar-refractivity contribution in [2.75, 3.05) is 5.32 Å². The fourth-order valence-electron chi connectivity index (χ4n) is 2.00. The van der Waals surface area contributed by atoms with Gasteiger partial charge in [0, 0.05) is 11.4 Å². The van der Waals surface area contributed by atoms with Gasteiger partial charge >= 0.3 is 0 Å². The van der Waals surface area contributed by atoms with E-state index in [2.05, 4.69) is 28.5 Å². The van der Waals surface area contributed by atoms with Gasteiger partial charge in [0.2, 0.25) is 0 Å². The van der Waals surface area contributed by atoms with Gasteiger partial charge in [-0.2, -0.15) is 4.98 Å². The van der Waals surface area contributed by atoms with Gasteiger partial charge in [-0.25, -0.2) is 0 Å². The Kier molecular flexibility index (Phi) is 2.93. The van der Waals surface area contributed by atoms with Crippen molar-refractivity contribution in [3.05, 3.63) is 54.4 Å². The third-order valence-corrected chi connectivity index (χ3v) is 3.02. The van der Waals surface area contributed by atoms with Crippen LogP contribution >= 0.6 is 0 Å². The second-order valence-electron chi connectivity index (χ2n) is 4.52. The average Bonchev–Trinajstić information content (AvgIpc) is 2.88. The highest BCUT2D eigenvalue weighted by molar-refractivity contribution is 5.94. The first-order chi connectivity index (χ1) is 9.24. The van der Waals surface area contributed by atoms with E-state index in [4.69, 9.17) is 10.2 Å². The standard InChI is InChI=1S/C15H15N3O/c1-10(16)14-9-19-15(18-14)17-13-8-4-6-11-5-2-3-7-12(11)13/h2-10H,16H2,1H3,(H,17,18). The molecule has 19 heavy (non-hydrogen) atoms. The smallest absolute Gasteiger partial charge is 0.299 e. The zero-order valence-corrected chi connectivity index (χ0v) is 10.6. The maximum atomic E-state index is 5.76. The topological polar surface area (TPSA) is 64.1 Å². The van der Waals surface area contributed by atoms with Crippen molar-refractivity contribution in [2.45, 2.75) is 13.0 Å². The molecular weight excluding hydrogens is 238 g/mol. The fourth-order valence-corrected chi connectivity index (χ4v) is 2.00. The highest BCUT2D eigenvalue weighted by atomic mass is 16.4. The number of anilines is 2. The van der Waals surface area contributed by atoms with Crippen LogP contribution in [0, 0.1) is 0 Å². The van der Waals surface area contributed by atoms with E-state index in [0.717, 1.165) is 16.8 Å². The third kappa shape index (κ3) is 2.30. The highest BCUT2D eigenvalue weighted by Gasteiger charge is 2.08. The van der Waals surface area contributed by atoms with Gasteiger partial charge in [0.1, 0.15) is 6.26 Å². The van der Waals surface area contributed by atoms with E-state index in [1.165, 1.54) is 5.39 Å². The largest absolute Gasteiger partial charge is 0.432 e. The van der Waals surface area contributed by atoms with Crippen molar-refractivity contribution in [1.82, 2.24) is 4.98 Å². The molecule has 0 saturated heterocycles. The second-order valence-corrected chi connectivity index (χ2v) is 4.52. The summed E-state index contributed by atoms with van der Waals surface area (Å²) in [6.07, 6.45) is 1.58. The van der Waals surface area contributed by atoms with Crippen LogP contribution < -0.4 is 11.1 Å². The summed E-state index contributed by atoms with van der Waals surface area (Å²) in [7, 11) is 0. The number of nitrogens with two attached hydrogens (primary N) is 1. The predicted molar refractivity (Wildman–Crippen MR) is 76.3 cm³/mol. The molecule has 0 spiro atoms. The molecule has 1 unspecified atom stereocenters. The number of benzene rings is 2. The van der Waals surface area contributed by atoms with Crippen molar-refractivity contribution < 1.29 is 4.42 Å². The molecule has 4 nitrogen and oxygen atoms in total. The molecule has 0 amide bonds. The molecule has 1 heterocycles. The predicted octanol–water partition coefficient (Wildman–Crippen LogP) is 3.59. The van der Waals surface area contributed by atoms with Crippen molar-refractivity contribution in [2.24, 2.45) is 5.73 Å². The zero-order valence-electron chi connectivity index (χ0n) is 10.6. The van der Waals surface area contributed by atoms with E-state index in [1.807, 2.05) is 31.2 Å². The number of rotatable bonds is 3. The molecular formula is C15H15N3O. The lowest BCUT2D eigenvalue weighted by atomic mass is 10.1. The van der Waals surface area contributed by atoms with Crippen LogP contribution in [0.15, 0.2) is 53.1 Å². The number of hydrogen-bond acceptors (Lipinski definition) is 4. The molecule has 0 bridgehead atoms. The van der Waals surface area contributed by atoms with Gasteiger partial charge in [0.25, 0.3) is 6.01 Å². The Labute approximate surface area is 111 Å². The molecule has 0 fully saturated rings.